The number of carbonyl (C=O) groups excluding carboxylic acids is 1. The van der Waals surface area contributed by atoms with Gasteiger partial charge in [0.2, 0.25) is 0 Å². The molecule has 1 atom stereocenters. The summed E-state index contributed by atoms with van der Waals surface area (Å²) in [7, 11) is -4.09. The summed E-state index contributed by atoms with van der Waals surface area (Å²) in [6.45, 7) is 1.32. The van der Waals surface area contributed by atoms with Crippen LogP contribution in [0.2, 0.25) is 0 Å². The number of aromatic nitrogens is 2. The first kappa shape index (κ1) is 22.9. The molecule has 0 radical (unpaired) electrons. The van der Waals surface area contributed by atoms with Crippen LogP contribution in [0.4, 0.5) is 24.7 Å². The first-order valence-corrected chi connectivity index (χ1v) is 11.5. The Labute approximate surface area is 187 Å². The number of rotatable bonds is 4. The third kappa shape index (κ3) is 4.76. The highest BCUT2D eigenvalue weighted by molar-refractivity contribution is 7.89. The van der Waals surface area contributed by atoms with E-state index in [4.69, 9.17) is 5.14 Å². The Kier molecular flexibility index (Phi) is 5.74. The van der Waals surface area contributed by atoms with Crippen molar-refractivity contribution in [2.24, 2.45) is 11.1 Å². The number of sulfonamides is 1. The number of amides is 1. The van der Waals surface area contributed by atoms with Crippen LogP contribution in [-0.4, -0.2) is 43.3 Å². The first-order chi connectivity index (χ1) is 15.4. The van der Waals surface area contributed by atoms with Crippen LogP contribution >= 0.6 is 0 Å². The summed E-state index contributed by atoms with van der Waals surface area (Å²) in [5.74, 6) is -4.87. The Morgan fingerprint density at radius 2 is 2.00 bits per heavy atom. The van der Waals surface area contributed by atoms with Crippen LogP contribution < -0.4 is 15.4 Å². The van der Waals surface area contributed by atoms with Crippen LogP contribution in [-0.2, 0) is 10.0 Å². The van der Waals surface area contributed by atoms with Crippen molar-refractivity contribution in [2.75, 3.05) is 23.3 Å². The lowest BCUT2D eigenvalue weighted by atomic mass is 9.95. The number of carbonyl (C=O) groups is 1. The van der Waals surface area contributed by atoms with Gasteiger partial charge in [-0.25, -0.2) is 36.7 Å². The van der Waals surface area contributed by atoms with Crippen molar-refractivity contribution >= 4 is 38.3 Å². The number of anilines is 2. The molecule has 1 aliphatic rings. The maximum absolute atomic E-state index is 14.0. The molecule has 3 aromatic rings. The second-order valence-electron chi connectivity index (χ2n) is 7.94. The minimum absolute atomic E-state index is 0.0454. The van der Waals surface area contributed by atoms with Crippen LogP contribution in [0.3, 0.4) is 0 Å². The van der Waals surface area contributed by atoms with Crippen molar-refractivity contribution in [2.45, 2.75) is 24.3 Å². The van der Waals surface area contributed by atoms with Crippen LogP contribution in [0.5, 0.6) is 0 Å². The molecule has 12 heteroatoms. The molecule has 0 saturated carbocycles. The monoisotopic (exact) mass is 479 g/mol. The Hall–Kier alpha value is -3.25. The van der Waals surface area contributed by atoms with E-state index < -0.39 is 45.0 Å². The van der Waals surface area contributed by atoms with E-state index in [1.807, 2.05) is 0 Å². The van der Waals surface area contributed by atoms with Crippen molar-refractivity contribution in [1.29, 1.82) is 0 Å². The van der Waals surface area contributed by atoms with E-state index in [1.54, 1.807) is 4.90 Å². The minimum Gasteiger partial charge on any atom is -0.355 e. The molecule has 1 aliphatic heterocycles. The zero-order chi connectivity index (χ0) is 24.0. The molecule has 33 heavy (non-hydrogen) atoms. The molecule has 0 aliphatic carbocycles. The number of primary sulfonamides is 1. The van der Waals surface area contributed by atoms with Gasteiger partial charge >= 0.3 is 0 Å². The number of hydrogen-bond acceptors (Lipinski definition) is 6. The van der Waals surface area contributed by atoms with Crippen LogP contribution in [0.15, 0.2) is 47.6 Å². The van der Waals surface area contributed by atoms with Gasteiger partial charge in [0.15, 0.2) is 5.03 Å². The normalized spacial score (nSPS) is 18.3. The number of nitrogens with one attached hydrogen (secondary N) is 1. The SMILES string of the molecule is C[C@H]1CN(c2nc3cc(F)ccc3cc2C(=O)Nc2ccnc(S(N)(=O)=O)c2)CCC1(F)F. The lowest BCUT2D eigenvalue weighted by molar-refractivity contribution is -0.0652. The van der Waals surface area contributed by atoms with E-state index in [0.29, 0.717) is 5.39 Å². The zero-order valence-electron chi connectivity index (χ0n) is 17.4. The minimum atomic E-state index is -4.09. The number of halogens is 3. The third-order valence-electron chi connectivity index (χ3n) is 5.52. The molecule has 1 fully saturated rings. The maximum Gasteiger partial charge on any atom is 0.259 e. The average Bonchev–Trinajstić information content (AvgIpc) is 2.74. The summed E-state index contributed by atoms with van der Waals surface area (Å²) in [6, 6.07) is 7.84. The quantitative estimate of drug-likeness (QED) is 0.594. The third-order valence-corrected chi connectivity index (χ3v) is 6.32. The highest BCUT2D eigenvalue weighted by Crippen LogP contribution is 2.36. The van der Waals surface area contributed by atoms with E-state index in [-0.39, 0.29) is 35.7 Å². The predicted octanol–water partition coefficient (Wildman–Crippen LogP) is 3.15. The van der Waals surface area contributed by atoms with Crippen LogP contribution in [0.25, 0.3) is 10.9 Å². The van der Waals surface area contributed by atoms with Gasteiger partial charge in [-0.1, -0.05) is 6.92 Å². The lowest BCUT2D eigenvalue weighted by Crippen LogP contribution is -2.46. The molecule has 0 bridgehead atoms. The Bertz CT molecular complexity index is 1350. The van der Waals surface area contributed by atoms with Gasteiger partial charge in [0.05, 0.1) is 11.1 Å². The smallest absolute Gasteiger partial charge is 0.259 e. The summed E-state index contributed by atoms with van der Waals surface area (Å²) < 4.78 is 64.9. The molecule has 0 spiro atoms. The second kappa shape index (κ2) is 8.27. The van der Waals surface area contributed by atoms with Gasteiger partial charge in [-0.3, -0.25) is 4.79 Å². The standard InChI is InChI=1S/C21H20F3N5O3S/c1-12-11-29(7-5-21(12,23)24)19-16(8-13-2-3-14(22)9-17(13)28-19)20(30)27-15-4-6-26-18(10-15)33(25,31)32/h2-4,6,8-10,12H,5,7,11H2,1H3,(H2,25,31,32)(H,26,27,30)/t12-/m0/s1. The van der Waals surface area contributed by atoms with E-state index in [2.05, 4.69) is 15.3 Å². The molecule has 1 saturated heterocycles. The van der Waals surface area contributed by atoms with Gasteiger partial charge < -0.3 is 10.2 Å². The van der Waals surface area contributed by atoms with Gasteiger partial charge in [-0.2, -0.15) is 0 Å². The molecule has 1 aromatic carbocycles. The van der Waals surface area contributed by atoms with Crippen LogP contribution in [0, 0.1) is 11.7 Å². The molecule has 1 amide bonds. The Morgan fingerprint density at radius 3 is 2.70 bits per heavy atom. The molecule has 174 valence electrons. The molecule has 8 nitrogen and oxygen atoms in total. The first-order valence-electron chi connectivity index (χ1n) is 9.97. The number of hydrogen-bond donors (Lipinski definition) is 2. The number of pyridine rings is 2. The largest absolute Gasteiger partial charge is 0.355 e. The van der Waals surface area contributed by atoms with Crippen molar-refractivity contribution in [3.8, 4) is 0 Å². The molecule has 3 N–H and O–H groups in total. The van der Waals surface area contributed by atoms with E-state index >= 15 is 0 Å². The number of benzene rings is 1. The lowest BCUT2D eigenvalue weighted by Gasteiger charge is -2.38. The van der Waals surface area contributed by atoms with Gasteiger partial charge in [0.25, 0.3) is 21.9 Å². The van der Waals surface area contributed by atoms with Gasteiger partial charge in [0.1, 0.15) is 11.6 Å². The second-order valence-corrected chi connectivity index (χ2v) is 9.44. The fourth-order valence-electron chi connectivity index (χ4n) is 3.66. The summed E-state index contributed by atoms with van der Waals surface area (Å²) in [4.78, 5) is 22.8. The molecule has 3 heterocycles. The van der Waals surface area contributed by atoms with Gasteiger partial charge in [-0.05, 0) is 24.3 Å². The predicted molar refractivity (Wildman–Crippen MR) is 116 cm³/mol. The highest BCUT2D eigenvalue weighted by atomic mass is 32.2. The average molecular weight is 479 g/mol. The van der Waals surface area contributed by atoms with E-state index in [1.165, 1.54) is 43.5 Å². The van der Waals surface area contributed by atoms with Gasteiger partial charge in [0, 0.05) is 54.8 Å². The summed E-state index contributed by atoms with van der Waals surface area (Å²) in [5.41, 5.74) is 0.454. The van der Waals surface area contributed by atoms with Crippen LogP contribution in [0.1, 0.15) is 23.7 Å². The molecule has 4 rings (SSSR count). The van der Waals surface area contributed by atoms with Crippen molar-refractivity contribution < 1.29 is 26.4 Å². The fourth-order valence-corrected chi connectivity index (χ4v) is 4.16. The van der Waals surface area contributed by atoms with E-state index in [9.17, 15) is 26.4 Å². The summed E-state index contributed by atoms with van der Waals surface area (Å²) >= 11 is 0. The molecular formula is C21H20F3N5O3S. The number of alkyl halides is 2. The summed E-state index contributed by atoms with van der Waals surface area (Å²) in [6.07, 6.45) is 0.756. The number of piperidine rings is 1. The molecular weight excluding hydrogens is 459 g/mol. The topological polar surface area (TPSA) is 118 Å². The van der Waals surface area contributed by atoms with Crippen molar-refractivity contribution in [3.63, 3.8) is 0 Å². The number of fused-ring (bicyclic) bond motifs is 1. The zero-order valence-corrected chi connectivity index (χ0v) is 18.2. The fraction of sp³-hybridized carbons (Fsp3) is 0.286. The summed E-state index contributed by atoms with van der Waals surface area (Å²) in [5, 5.41) is 7.69. The Balaban J connectivity index is 1.75. The van der Waals surface area contributed by atoms with E-state index in [0.717, 1.165) is 6.07 Å². The highest BCUT2D eigenvalue weighted by Gasteiger charge is 2.42. The molecule has 2 aromatic heterocycles. The maximum atomic E-state index is 14.0. The molecule has 0 unspecified atom stereocenters. The number of nitrogens with zero attached hydrogens (tertiary/aromatic N) is 3. The van der Waals surface area contributed by atoms with Gasteiger partial charge in [-0.15, -0.1) is 0 Å². The van der Waals surface area contributed by atoms with Crippen molar-refractivity contribution in [3.05, 3.63) is 54.0 Å². The van der Waals surface area contributed by atoms with Crippen molar-refractivity contribution in [1.82, 2.24) is 9.97 Å². The number of nitrogens with two attached hydrogens (primary N) is 1. The Morgan fingerprint density at radius 1 is 1.24 bits per heavy atom.